The second kappa shape index (κ2) is 6.42. The predicted octanol–water partition coefficient (Wildman–Crippen LogP) is 0.472. The Kier molecular flexibility index (Phi) is 5.18. The zero-order chi connectivity index (χ0) is 12.0. The molecule has 0 bridgehead atoms. The van der Waals surface area contributed by atoms with Crippen LogP contribution in [0, 0.1) is 0 Å². The molecular weight excluding hydrogens is 232 g/mol. The lowest BCUT2D eigenvalue weighted by molar-refractivity contribution is 0.0835. The highest BCUT2D eigenvalue weighted by atomic mass is 35.5. The van der Waals surface area contributed by atoms with Gasteiger partial charge in [-0.2, -0.15) is 0 Å². The number of hydrogen-bond donors (Lipinski definition) is 2. The second-order valence-electron chi connectivity index (χ2n) is 3.15. The highest BCUT2D eigenvalue weighted by molar-refractivity contribution is 6.29. The number of aromatic nitrogens is 1. The van der Waals surface area contributed by atoms with Crippen molar-refractivity contribution in [2.45, 2.75) is 6.04 Å². The summed E-state index contributed by atoms with van der Waals surface area (Å²) in [7, 11) is 1.49. The van der Waals surface area contributed by atoms with Gasteiger partial charge in [-0.05, 0) is 12.1 Å². The molecule has 5 nitrogen and oxygen atoms in total. The van der Waals surface area contributed by atoms with Gasteiger partial charge in [-0.3, -0.25) is 4.79 Å². The third-order valence-corrected chi connectivity index (χ3v) is 2.08. The standard InChI is InChI=1S/C10H13ClN2O3/c1-16-6-7(5-14)12-10(15)8-3-2-4-9(11)13-8/h2-4,7,14H,5-6H2,1H3,(H,12,15). The Balaban J connectivity index is 2.64. The van der Waals surface area contributed by atoms with Crippen LogP contribution in [-0.4, -0.2) is 42.4 Å². The van der Waals surface area contributed by atoms with E-state index in [4.69, 9.17) is 21.4 Å². The lowest BCUT2D eigenvalue weighted by Crippen LogP contribution is -2.40. The summed E-state index contributed by atoms with van der Waals surface area (Å²) < 4.78 is 4.83. The molecule has 0 spiro atoms. The number of halogens is 1. The van der Waals surface area contributed by atoms with Crippen LogP contribution in [0.5, 0.6) is 0 Å². The first-order valence-corrected chi connectivity index (χ1v) is 5.08. The van der Waals surface area contributed by atoms with Gasteiger partial charge in [0, 0.05) is 7.11 Å². The molecule has 0 aliphatic rings. The van der Waals surface area contributed by atoms with E-state index in [1.165, 1.54) is 7.11 Å². The SMILES string of the molecule is COCC(CO)NC(=O)c1cccc(Cl)n1. The molecule has 1 atom stereocenters. The fourth-order valence-corrected chi connectivity index (χ4v) is 1.30. The van der Waals surface area contributed by atoms with E-state index in [1.807, 2.05) is 0 Å². The molecule has 1 heterocycles. The summed E-state index contributed by atoms with van der Waals surface area (Å²) in [6.07, 6.45) is 0. The number of methoxy groups -OCH3 is 1. The van der Waals surface area contributed by atoms with Crippen LogP contribution in [-0.2, 0) is 4.74 Å². The maximum Gasteiger partial charge on any atom is 0.270 e. The highest BCUT2D eigenvalue weighted by Crippen LogP contribution is 2.05. The van der Waals surface area contributed by atoms with Crippen molar-refractivity contribution < 1.29 is 14.6 Å². The third-order valence-electron chi connectivity index (χ3n) is 1.87. The molecule has 0 saturated carbocycles. The number of nitrogens with zero attached hydrogens (tertiary/aromatic N) is 1. The van der Waals surface area contributed by atoms with Gasteiger partial charge in [0.2, 0.25) is 0 Å². The number of rotatable bonds is 5. The smallest absolute Gasteiger partial charge is 0.270 e. The van der Waals surface area contributed by atoms with Crippen LogP contribution in [0.15, 0.2) is 18.2 Å². The molecule has 0 aliphatic carbocycles. The largest absolute Gasteiger partial charge is 0.394 e. The first-order valence-electron chi connectivity index (χ1n) is 4.70. The number of amides is 1. The van der Waals surface area contributed by atoms with E-state index in [-0.39, 0.29) is 24.1 Å². The number of carbonyl (C=O) groups is 1. The molecule has 88 valence electrons. The van der Waals surface area contributed by atoms with Crippen molar-refractivity contribution in [1.82, 2.24) is 10.3 Å². The van der Waals surface area contributed by atoms with E-state index in [1.54, 1.807) is 18.2 Å². The maximum atomic E-state index is 11.6. The highest BCUT2D eigenvalue weighted by Gasteiger charge is 2.13. The number of aliphatic hydroxyl groups is 1. The van der Waals surface area contributed by atoms with Crippen LogP contribution in [0.3, 0.4) is 0 Å². The van der Waals surface area contributed by atoms with Crippen LogP contribution < -0.4 is 5.32 Å². The first kappa shape index (κ1) is 12.9. The monoisotopic (exact) mass is 244 g/mol. The van der Waals surface area contributed by atoms with Crippen molar-refractivity contribution in [2.24, 2.45) is 0 Å². The number of aliphatic hydroxyl groups excluding tert-OH is 1. The molecule has 0 fully saturated rings. The topological polar surface area (TPSA) is 71.5 Å². The predicted molar refractivity (Wildman–Crippen MR) is 59.5 cm³/mol. The van der Waals surface area contributed by atoms with Crippen LogP contribution in [0.2, 0.25) is 5.15 Å². The number of pyridine rings is 1. The minimum atomic E-state index is -0.446. The van der Waals surface area contributed by atoms with Crippen molar-refractivity contribution in [3.63, 3.8) is 0 Å². The lowest BCUT2D eigenvalue weighted by atomic mass is 10.3. The van der Waals surface area contributed by atoms with Crippen LogP contribution in [0.25, 0.3) is 0 Å². The molecule has 1 rings (SSSR count). The van der Waals surface area contributed by atoms with Gasteiger partial charge in [0.15, 0.2) is 0 Å². The zero-order valence-electron chi connectivity index (χ0n) is 8.81. The van der Waals surface area contributed by atoms with Crippen molar-refractivity contribution in [3.8, 4) is 0 Å². The van der Waals surface area contributed by atoms with Gasteiger partial charge in [-0.15, -0.1) is 0 Å². The van der Waals surface area contributed by atoms with E-state index in [0.717, 1.165) is 0 Å². The van der Waals surface area contributed by atoms with Gasteiger partial charge in [-0.25, -0.2) is 4.98 Å². The average molecular weight is 245 g/mol. The number of carbonyl (C=O) groups excluding carboxylic acids is 1. The number of hydrogen-bond acceptors (Lipinski definition) is 4. The maximum absolute atomic E-state index is 11.6. The van der Waals surface area contributed by atoms with Gasteiger partial charge >= 0.3 is 0 Å². The van der Waals surface area contributed by atoms with Gasteiger partial charge in [0.25, 0.3) is 5.91 Å². The molecule has 0 radical (unpaired) electrons. The van der Waals surface area contributed by atoms with Crippen molar-refractivity contribution in [3.05, 3.63) is 29.0 Å². The number of ether oxygens (including phenoxy) is 1. The minimum Gasteiger partial charge on any atom is -0.394 e. The van der Waals surface area contributed by atoms with Gasteiger partial charge in [0.1, 0.15) is 10.8 Å². The van der Waals surface area contributed by atoms with Gasteiger partial charge in [0.05, 0.1) is 19.3 Å². The molecule has 1 aromatic rings. The van der Waals surface area contributed by atoms with E-state index in [0.29, 0.717) is 0 Å². The minimum absolute atomic E-state index is 0.194. The molecule has 2 N–H and O–H groups in total. The Hall–Kier alpha value is -1.17. The Morgan fingerprint density at radius 3 is 3.00 bits per heavy atom. The zero-order valence-corrected chi connectivity index (χ0v) is 9.57. The second-order valence-corrected chi connectivity index (χ2v) is 3.54. The Labute approximate surface area is 98.4 Å². The average Bonchev–Trinajstić information content (AvgIpc) is 2.28. The third kappa shape index (κ3) is 3.77. The Morgan fingerprint density at radius 1 is 1.69 bits per heavy atom. The van der Waals surface area contributed by atoms with E-state index in [9.17, 15) is 4.79 Å². The summed E-state index contributed by atoms with van der Waals surface area (Å²) in [4.78, 5) is 15.5. The van der Waals surface area contributed by atoms with Crippen molar-refractivity contribution in [2.75, 3.05) is 20.3 Å². The fourth-order valence-electron chi connectivity index (χ4n) is 1.14. The molecule has 0 saturated heterocycles. The molecule has 1 unspecified atom stereocenters. The molecule has 1 amide bonds. The lowest BCUT2D eigenvalue weighted by Gasteiger charge is -2.14. The summed E-state index contributed by atoms with van der Waals surface area (Å²) in [5.41, 5.74) is 0.210. The van der Waals surface area contributed by atoms with Crippen LogP contribution in [0.4, 0.5) is 0 Å². The molecule has 0 aliphatic heterocycles. The number of nitrogens with one attached hydrogen (secondary N) is 1. The quantitative estimate of drug-likeness (QED) is 0.739. The summed E-state index contributed by atoms with van der Waals surface area (Å²) >= 11 is 5.66. The van der Waals surface area contributed by atoms with E-state index < -0.39 is 11.9 Å². The molecule has 0 aromatic carbocycles. The summed E-state index contributed by atoms with van der Waals surface area (Å²) in [6, 6.07) is 4.31. The molecular formula is C10H13ClN2O3. The molecule has 1 aromatic heterocycles. The molecule has 6 heteroatoms. The van der Waals surface area contributed by atoms with Crippen molar-refractivity contribution in [1.29, 1.82) is 0 Å². The molecule has 16 heavy (non-hydrogen) atoms. The summed E-state index contributed by atoms with van der Waals surface area (Å²) in [5, 5.41) is 11.8. The van der Waals surface area contributed by atoms with E-state index >= 15 is 0 Å². The Morgan fingerprint density at radius 2 is 2.44 bits per heavy atom. The van der Waals surface area contributed by atoms with Crippen LogP contribution >= 0.6 is 11.6 Å². The normalized spacial score (nSPS) is 12.2. The fraction of sp³-hybridized carbons (Fsp3) is 0.400. The van der Waals surface area contributed by atoms with Gasteiger partial charge in [-0.1, -0.05) is 17.7 Å². The Bertz CT molecular complexity index is 360. The van der Waals surface area contributed by atoms with Crippen molar-refractivity contribution >= 4 is 17.5 Å². The summed E-state index contributed by atoms with van der Waals surface area (Å²) in [5.74, 6) is -0.390. The van der Waals surface area contributed by atoms with E-state index in [2.05, 4.69) is 10.3 Å². The van der Waals surface area contributed by atoms with Gasteiger partial charge < -0.3 is 15.2 Å². The summed E-state index contributed by atoms with van der Waals surface area (Å²) in [6.45, 7) is 0.0446. The first-order chi connectivity index (χ1) is 7.67. The van der Waals surface area contributed by atoms with Crippen LogP contribution in [0.1, 0.15) is 10.5 Å².